The van der Waals surface area contributed by atoms with Crippen LogP contribution in [-0.2, 0) is 0 Å². The molecule has 0 spiro atoms. The van der Waals surface area contributed by atoms with Crippen molar-refractivity contribution in [3.63, 3.8) is 0 Å². The summed E-state index contributed by atoms with van der Waals surface area (Å²) in [6.07, 6.45) is 0. The molecule has 0 saturated carbocycles. The van der Waals surface area contributed by atoms with Crippen LogP contribution in [0.1, 0.15) is 63.1 Å². The van der Waals surface area contributed by atoms with Crippen LogP contribution in [0, 0.1) is 0 Å². The smallest absolute Gasteiger partial charge is 0.101 e. The van der Waals surface area contributed by atoms with Crippen molar-refractivity contribution < 1.29 is 0 Å². The van der Waals surface area contributed by atoms with Crippen molar-refractivity contribution in [2.75, 3.05) is 0 Å². The van der Waals surface area contributed by atoms with Crippen LogP contribution in [0.25, 0.3) is 0 Å². The van der Waals surface area contributed by atoms with Crippen LogP contribution in [-0.4, -0.2) is 11.4 Å². The molecule has 160 valence electrons. The topological polar surface area (TPSA) is 24.7 Å². The van der Waals surface area contributed by atoms with Crippen molar-refractivity contribution in [3.05, 3.63) is 93.5 Å². The third-order valence-electron chi connectivity index (χ3n) is 5.17. The molecule has 2 nitrogen and oxygen atoms in total. The molecule has 0 radical (unpaired) electrons. The van der Waals surface area contributed by atoms with Gasteiger partial charge in [-0.25, -0.2) is 4.99 Å². The van der Waals surface area contributed by atoms with Crippen molar-refractivity contribution in [1.29, 1.82) is 0 Å². The number of halogens is 2. The Labute approximate surface area is 195 Å². The zero-order chi connectivity index (χ0) is 22.5. The molecule has 0 unspecified atom stereocenters. The Bertz CT molecular complexity index is 1070. The normalized spacial score (nSPS) is 12.7. The number of benzene rings is 3. The monoisotopic (exact) mass is 450 g/mol. The van der Waals surface area contributed by atoms with Gasteiger partial charge in [0.1, 0.15) is 5.69 Å². The Hall–Kier alpha value is -2.42. The molecule has 0 saturated heterocycles. The first kappa shape index (κ1) is 23.2. The van der Waals surface area contributed by atoms with Crippen LogP contribution < -0.4 is 0 Å². The molecule has 31 heavy (non-hydrogen) atoms. The first-order valence-electron chi connectivity index (χ1n) is 10.6. The molecule has 0 heterocycles. The van der Waals surface area contributed by atoms with Crippen molar-refractivity contribution >= 4 is 46.0 Å². The Morgan fingerprint density at radius 3 is 1.68 bits per heavy atom. The highest BCUT2D eigenvalue weighted by Gasteiger charge is 2.16. The molecule has 0 N–H and O–H groups in total. The van der Waals surface area contributed by atoms with E-state index in [4.69, 9.17) is 33.2 Å². The predicted molar refractivity (Wildman–Crippen MR) is 136 cm³/mol. The molecule has 3 rings (SSSR count). The minimum atomic E-state index is 0.361. The van der Waals surface area contributed by atoms with E-state index in [1.54, 1.807) is 12.1 Å². The van der Waals surface area contributed by atoms with E-state index >= 15 is 0 Å². The highest BCUT2D eigenvalue weighted by atomic mass is 35.5. The van der Waals surface area contributed by atoms with Crippen LogP contribution in [0.3, 0.4) is 0 Å². The maximum absolute atomic E-state index is 6.43. The maximum atomic E-state index is 6.43. The number of aliphatic imine (C=N–C) groups is 2. The highest BCUT2D eigenvalue weighted by molar-refractivity contribution is 6.49. The number of hydrogen-bond acceptors (Lipinski definition) is 2. The molecule has 0 bridgehead atoms. The Kier molecular flexibility index (Phi) is 7.69. The van der Waals surface area contributed by atoms with E-state index in [0.717, 1.165) is 22.7 Å². The zero-order valence-corrected chi connectivity index (χ0v) is 20.2. The molecule has 4 heteroatoms. The zero-order valence-electron chi connectivity index (χ0n) is 18.7. The van der Waals surface area contributed by atoms with E-state index in [0.29, 0.717) is 27.6 Å². The minimum absolute atomic E-state index is 0.361. The Morgan fingerprint density at radius 2 is 1.16 bits per heavy atom. The van der Waals surface area contributed by atoms with Crippen molar-refractivity contribution in [2.45, 2.75) is 46.5 Å². The van der Waals surface area contributed by atoms with Crippen LogP contribution in [0.2, 0.25) is 10.0 Å². The second-order valence-electron chi connectivity index (χ2n) is 8.19. The lowest BCUT2D eigenvalue weighted by Gasteiger charge is -2.17. The van der Waals surface area contributed by atoms with Crippen LogP contribution in [0.5, 0.6) is 0 Å². The molecule has 3 aromatic rings. The molecule has 0 aromatic heterocycles. The highest BCUT2D eigenvalue weighted by Crippen LogP contribution is 2.36. The number of nitrogens with zero attached hydrogens (tertiary/aromatic N) is 2. The second kappa shape index (κ2) is 10.3. The SMILES string of the molecule is CC(=N\c1c(C(C)C)cccc1C(C)C)/C(=N/c1c(Cl)cccc1Cl)c1ccccc1. The summed E-state index contributed by atoms with van der Waals surface area (Å²) in [5.41, 5.74) is 6.58. The lowest BCUT2D eigenvalue weighted by molar-refractivity contribution is 0.835. The quantitative estimate of drug-likeness (QED) is 0.334. The van der Waals surface area contributed by atoms with Gasteiger partial charge in [-0.15, -0.1) is 0 Å². The second-order valence-corrected chi connectivity index (χ2v) is 9.00. The summed E-state index contributed by atoms with van der Waals surface area (Å²) in [6.45, 7) is 10.8. The summed E-state index contributed by atoms with van der Waals surface area (Å²) in [4.78, 5) is 10.0. The summed E-state index contributed by atoms with van der Waals surface area (Å²) < 4.78 is 0. The lowest BCUT2D eigenvalue weighted by Crippen LogP contribution is -2.12. The van der Waals surface area contributed by atoms with Gasteiger partial charge < -0.3 is 0 Å². The van der Waals surface area contributed by atoms with Gasteiger partial charge in [-0.05, 0) is 42.0 Å². The minimum Gasteiger partial charge on any atom is -0.251 e. The van der Waals surface area contributed by atoms with Crippen molar-refractivity contribution in [3.8, 4) is 0 Å². The molecule has 3 aromatic carbocycles. The van der Waals surface area contributed by atoms with Crippen molar-refractivity contribution in [1.82, 2.24) is 0 Å². The molecule has 0 amide bonds. The van der Waals surface area contributed by atoms with E-state index in [1.165, 1.54) is 11.1 Å². The largest absolute Gasteiger partial charge is 0.251 e. The molecule has 0 aliphatic carbocycles. The van der Waals surface area contributed by atoms with Gasteiger partial charge in [-0.3, -0.25) is 4.99 Å². The number of para-hydroxylation sites is 2. The van der Waals surface area contributed by atoms with Crippen LogP contribution in [0.4, 0.5) is 11.4 Å². The predicted octanol–water partition coefficient (Wildman–Crippen LogP) is 9.15. The fourth-order valence-electron chi connectivity index (χ4n) is 3.52. The van der Waals surface area contributed by atoms with Gasteiger partial charge in [-0.1, -0.05) is 105 Å². The van der Waals surface area contributed by atoms with Gasteiger partial charge in [0.05, 0.1) is 27.2 Å². The van der Waals surface area contributed by atoms with Gasteiger partial charge in [-0.2, -0.15) is 0 Å². The maximum Gasteiger partial charge on any atom is 0.101 e. The summed E-state index contributed by atoms with van der Waals surface area (Å²) in [7, 11) is 0. The lowest BCUT2D eigenvalue weighted by atomic mass is 9.92. The molecular weight excluding hydrogens is 423 g/mol. The summed E-state index contributed by atoms with van der Waals surface area (Å²) in [6, 6.07) is 21.9. The third-order valence-corrected chi connectivity index (χ3v) is 5.78. The van der Waals surface area contributed by atoms with Crippen molar-refractivity contribution in [2.24, 2.45) is 9.98 Å². The van der Waals surface area contributed by atoms with Gasteiger partial charge in [0.15, 0.2) is 0 Å². The number of rotatable bonds is 6. The van der Waals surface area contributed by atoms with Gasteiger partial charge in [0.2, 0.25) is 0 Å². The van der Waals surface area contributed by atoms with E-state index in [1.807, 2.05) is 43.3 Å². The molecular formula is C27H28Cl2N2. The van der Waals surface area contributed by atoms with E-state index in [2.05, 4.69) is 45.9 Å². The van der Waals surface area contributed by atoms with Gasteiger partial charge >= 0.3 is 0 Å². The fraction of sp³-hybridized carbons (Fsp3) is 0.259. The fourth-order valence-corrected chi connectivity index (χ4v) is 4.00. The average Bonchev–Trinajstić information content (AvgIpc) is 2.74. The first-order chi connectivity index (χ1) is 14.8. The van der Waals surface area contributed by atoms with E-state index in [-0.39, 0.29) is 0 Å². The average molecular weight is 451 g/mol. The first-order valence-corrected chi connectivity index (χ1v) is 11.3. The van der Waals surface area contributed by atoms with Gasteiger partial charge in [0.25, 0.3) is 0 Å². The summed E-state index contributed by atoms with van der Waals surface area (Å²) >= 11 is 12.9. The third kappa shape index (κ3) is 5.44. The van der Waals surface area contributed by atoms with E-state index < -0.39 is 0 Å². The molecule has 0 fully saturated rings. The Balaban J connectivity index is 2.25. The van der Waals surface area contributed by atoms with Crippen LogP contribution >= 0.6 is 23.2 Å². The Morgan fingerprint density at radius 1 is 0.645 bits per heavy atom. The molecule has 0 aliphatic rings. The standard InChI is InChI=1S/C27H28Cl2N2/c1-17(2)21-13-9-14-22(18(3)4)26(21)30-19(5)25(20-11-7-6-8-12-20)31-27-23(28)15-10-16-24(27)29/h6-18H,1-5H3/b30-19+,31-25-. The van der Waals surface area contributed by atoms with Crippen LogP contribution in [0.15, 0.2) is 76.7 Å². The summed E-state index contributed by atoms with van der Waals surface area (Å²) in [5, 5.41) is 1.03. The molecule has 0 atom stereocenters. The molecule has 0 aliphatic heterocycles. The van der Waals surface area contributed by atoms with E-state index in [9.17, 15) is 0 Å². The summed E-state index contributed by atoms with van der Waals surface area (Å²) in [5.74, 6) is 0.723. The van der Waals surface area contributed by atoms with Gasteiger partial charge in [0, 0.05) is 5.56 Å². The number of hydrogen-bond donors (Lipinski definition) is 0.